The number of carbonyl (C=O) groups is 1. The highest BCUT2D eigenvalue weighted by molar-refractivity contribution is 7.54. The molecular weight excluding hydrogens is 353 g/mol. The zero-order chi connectivity index (χ0) is 18.7. The molecule has 1 heterocycles. The molecular formula is C19H22NO5P. The third-order valence-electron chi connectivity index (χ3n) is 4.68. The maximum atomic E-state index is 13.3. The molecule has 0 N–H and O–H groups in total. The van der Waals surface area contributed by atoms with Gasteiger partial charge in [-0.1, -0.05) is 24.3 Å². The van der Waals surface area contributed by atoms with Gasteiger partial charge in [-0.15, -0.1) is 0 Å². The molecule has 0 spiro atoms. The number of esters is 1. The van der Waals surface area contributed by atoms with Crippen molar-refractivity contribution in [1.29, 1.82) is 0 Å². The second-order valence-corrected chi connectivity index (χ2v) is 8.26. The van der Waals surface area contributed by atoms with Crippen LogP contribution in [0.2, 0.25) is 0 Å². The van der Waals surface area contributed by atoms with Crippen LogP contribution in [0.1, 0.15) is 27.3 Å². The fraction of sp³-hybridized carbons (Fsp3) is 0.316. The molecule has 0 aliphatic carbocycles. The Morgan fingerprint density at radius 3 is 2.31 bits per heavy atom. The molecule has 26 heavy (non-hydrogen) atoms. The van der Waals surface area contributed by atoms with Crippen LogP contribution >= 0.6 is 7.60 Å². The van der Waals surface area contributed by atoms with Crippen LogP contribution < -0.4 is 4.90 Å². The van der Waals surface area contributed by atoms with Crippen molar-refractivity contribution in [2.45, 2.75) is 12.2 Å². The summed E-state index contributed by atoms with van der Waals surface area (Å²) in [4.78, 5) is 13.7. The maximum Gasteiger partial charge on any atom is 0.356 e. The van der Waals surface area contributed by atoms with Crippen molar-refractivity contribution in [3.63, 3.8) is 0 Å². The number of rotatable bonds is 5. The average molecular weight is 375 g/mol. The minimum atomic E-state index is -3.41. The Hall–Kier alpha value is -2.14. The highest BCUT2D eigenvalue weighted by Crippen LogP contribution is 2.63. The predicted molar refractivity (Wildman–Crippen MR) is 99.6 cm³/mol. The standard InChI is InChI=1S/C19H22NO5P/c1-23-19(21)15-8-10-16(11-9-15)20-13-12-14-6-4-5-7-17(14)18(20)26(22,24-2)25-3/h4-11,18H,12-13H2,1-3H3. The molecule has 2 aromatic rings. The number of carbonyl (C=O) groups excluding carboxylic acids is 1. The van der Waals surface area contributed by atoms with E-state index in [1.807, 2.05) is 41.3 Å². The van der Waals surface area contributed by atoms with Crippen LogP contribution in [-0.4, -0.2) is 33.8 Å². The lowest BCUT2D eigenvalue weighted by Gasteiger charge is -2.40. The molecule has 0 fully saturated rings. The van der Waals surface area contributed by atoms with Crippen LogP contribution in [0.15, 0.2) is 48.5 Å². The number of methoxy groups -OCH3 is 1. The van der Waals surface area contributed by atoms with E-state index >= 15 is 0 Å². The first kappa shape index (κ1) is 18.6. The van der Waals surface area contributed by atoms with Crippen molar-refractivity contribution < 1.29 is 23.1 Å². The normalized spacial score (nSPS) is 16.9. The molecule has 3 rings (SSSR count). The Bertz CT molecular complexity index is 828. The lowest BCUT2D eigenvalue weighted by molar-refractivity contribution is 0.0600. The van der Waals surface area contributed by atoms with Gasteiger partial charge in [-0.2, -0.15) is 0 Å². The SMILES string of the molecule is COC(=O)c1ccc(N2CCc3ccccc3C2P(=O)(OC)OC)cc1. The lowest BCUT2D eigenvalue weighted by Crippen LogP contribution is -2.36. The summed E-state index contributed by atoms with van der Waals surface area (Å²) in [6.07, 6.45) is 0.818. The lowest BCUT2D eigenvalue weighted by atomic mass is 9.99. The van der Waals surface area contributed by atoms with Crippen LogP contribution in [0.3, 0.4) is 0 Å². The molecule has 0 radical (unpaired) electrons. The maximum absolute atomic E-state index is 13.3. The Balaban J connectivity index is 2.05. The van der Waals surface area contributed by atoms with Crippen molar-refractivity contribution >= 4 is 19.3 Å². The van der Waals surface area contributed by atoms with Gasteiger partial charge in [-0.3, -0.25) is 4.57 Å². The zero-order valence-corrected chi connectivity index (χ0v) is 15.9. The molecule has 1 atom stereocenters. The molecule has 138 valence electrons. The molecule has 0 amide bonds. The Morgan fingerprint density at radius 1 is 1.04 bits per heavy atom. The summed E-state index contributed by atoms with van der Waals surface area (Å²) >= 11 is 0. The Kier molecular flexibility index (Phi) is 5.47. The molecule has 0 saturated heterocycles. The monoisotopic (exact) mass is 375 g/mol. The van der Waals surface area contributed by atoms with Gasteiger partial charge in [0.1, 0.15) is 0 Å². The van der Waals surface area contributed by atoms with E-state index in [2.05, 4.69) is 0 Å². The van der Waals surface area contributed by atoms with Gasteiger partial charge < -0.3 is 18.7 Å². The average Bonchev–Trinajstić information content (AvgIpc) is 2.71. The number of hydrogen-bond donors (Lipinski definition) is 0. The van der Waals surface area contributed by atoms with Gasteiger partial charge >= 0.3 is 13.6 Å². The van der Waals surface area contributed by atoms with E-state index in [0.29, 0.717) is 12.1 Å². The molecule has 1 unspecified atom stereocenters. The third kappa shape index (κ3) is 3.28. The van der Waals surface area contributed by atoms with E-state index in [1.165, 1.54) is 21.3 Å². The number of hydrogen-bond acceptors (Lipinski definition) is 6. The molecule has 0 saturated carbocycles. The van der Waals surface area contributed by atoms with E-state index in [1.54, 1.807) is 12.1 Å². The summed E-state index contributed by atoms with van der Waals surface area (Å²) in [7, 11) is 0.741. The number of nitrogens with zero attached hydrogens (tertiary/aromatic N) is 1. The first-order valence-electron chi connectivity index (χ1n) is 8.28. The summed E-state index contributed by atoms with van der Waals surface area (Å²) in [5.41, 5.74) is 3.37. The third-order valence-corrected chi connectivity index (χ3v) is 6.85. The summed E-state index contributed by atoms with van der Waals surface area (Å²) in [6, 6.07) is 14.9. The molecule has 1 aliphatic rings. The van der Waals surface area contributed by atoms with Gasteiger partial charge in [-0.05, 0) is 41.8 Å². The largest absolute Gasteiger partial charge is 0.465 e. The smallest absolute Gasteiger partial charge is 0.356 e. The summed E-state index contributed by atoms with van der Waals surface area (Å²) < 4.78 is 28.7. The highest BCUT2D eigenvalue weighted by Gasteiger charge is 2.43. The first-order chi connectivity index (χ1) is 12.5. The summed E-state index contributed by atoms with van der Waals surface area (Å²) in [5.74, 6) is -0.942. The van der Waals surface area contributed by atoms with E-state index in [9.17, 15) is 9.36 Å². The second-order valence-electron chi connectivity index (χ2n) is 5.96. The second kappa shape index (κ2) is 7.62. The van der Waals surface area contributed by atoms with Crippen LogP contribution in [0.4, 0.5) is 5.69 Å². The number of ether oxygens (including phenoxy) is 1. The van der Waals surface area contributed by atoms with Gasteiger partial charge in [0.25, 0.3) is 0 Å². The topological polar surface area (TPSA) is 65.1 Å². The van der Waals surface area contributed by atoms with Gasteiger partial charge in [0.05, 0.1) is 12.7 Å². The van der Waals surface area contributed by atoms with Crippen molar-refractivity contribution in [2.75, 3.05) is 32.8 Å². The van der Waals surface area contributed by atoms with E-state index in [0.717, 1.165) is 23.2 Å². The minimum Gasteiger partial charge on any atom is -0.465 e. The van der Waals surface area contributed by atoms with Gasteiger partial charge in [0.15, 0.2) is 5.78 Å². The molecule has 6 nitrogen and oxygen atoms in total. The molecule has 0 bridgehead atoms. The van der Waals surface area contributed by atoms with Crippen molar-refractivity contribution in [3.05, 3.63) is 65.2 Å². The summed E-state index contributed by atoms with van der Waals surface area (Å²) in [5, 5.41) is 0. The molecule has 0 aromatic heterocycles. The quantitative estimate of drug-likeness (QED) is 0.581. The van der Waals surface area contributed by atoms with E-state index < -0.39 is 19.3 Å². The van der Waals surface area contributed by atoms with Gasteiger partial charge in [0.2, 0.25) is 0 Å². The van der Waals surface area contributed by atoms with Gasteiger partial charge in [-0.25, -0.2) is 4.79 Å². The van der Waals surface area contributed by atoms with Gasteiger partial charge in [0, 0.05) is 26.5 Å². The molecule has 1 aliphatic heterocycles. The van der Waals surface area contributed by atoms with E-state index in [-0.39, 0.29) is 0 Å². The fourth-order valence-electron chi connectivity index (χ4n) is 3.34. The van der Waals surface area contributed by atoms with Crippen molar-refractivity contribution in [1.82, 2.24) is 0 Å². The van der Waals surface area contributed by atoms with Crippen LogP contribution in [0.5, 0.6) is 0 Å². The predicted octanol–water partition coefficient (Wildman–Crippen LogP) is 4.02. The Labute approximate surface area is 153 Å². The van der Waals surface area contributed by atoms with Crippen LogP contribution in [-0.2, 0) is 24.8 Å². The minimum absolute atomic E-state index is 0.392. The van der Waals surface area contributed by atoms with Crippen molar-refractivity contribution in [2.24, 2.45) is 0 Å². The number of fused-ring (bicyclic) bond motifs is 1. The van der Waals surface area contributed by atoms with Crippen LogP contribution in [0, 0.1) is 0 Å². The number of anilines is 1. The molecule has 7 heteroatoms. The summed E-state index contributed by atoms with van der Waals surface area (Å²) in [6.45, 7) is 0.663. The first-order valence-corrected chi connectivity index (χ1v) is 9.89. The zero-order valence-electron chi connectivity index (χ0n) is 15.0. The van der Waals surface area contributed by atoms with Crippen LogP contribution in [0.25, 0.3) is 0 Å². The molecule has 2 aromatic carbocycles. The Morgan fingerprint density at radius 2 is 1.69 bits per heavy atom. The number of benzene rings is 2. The van der Waals surface area contributed by atoms with E-state index in [4.69, 9.17) is 13.8 Å². The highest BCUT2D eigenvalue weighted by atomic mass is 31.2. The fourth-order valence-corrected chi connectivity index (χ4v) is 5.07. The van der Waals surface area contributed by atoms with Crippen molar-refractivity contribution in [3.8, 4) is 0 Å².